The quantitative estimate of drug-likeness (QED) is 0.897. The predicted octanol–water partition coefficient (Wildman–Crippen LogP) is 3.26. The van der Waals surface area contributed by atoms with Crippen LogP contribution in [0.2, 0.25) is 0 Å². The highest BCUT2D eigenvalue weighted by Crippen LogP contribution is 2.33. The molecule has 0 aliphatic carbocycles. The third-order valence-corrected chi connectivity index (χ3v) is 2.57. The lowest BCUT2D eigenvalue weighted by Gasteiger charge is -2.13. The summed E-state index contributed by atoms with van der Waals surface area (Å²) in [6.45, 7) is 1.74. The van der Waals surface area contributed by atoms with E-state index in [-0.39, 0.29) is 6.54 Å². The molecule has 16 heavy (non-hydrogen) atoms. The van der Waals surface area contributed by atoms with E-state index >= 15 is 0 Å². The number of benzene rings is 1. The highest BCUT2D eigenvalue weighted by atomic mass is 79.9. The molecule has 2 nitrogen and oxygen atoms in total. The van der Waals surface area contributed by atoms with Crippen LogP contribution in [0.25, 0.3) is 0 Å². The highest BCUT2D eigenvalue weighted by molar-refractivity contribution is 9.10. The fraction of sp³-hybridized carbons (Fsp3) is 0.400. The van der Waals surface area contributed by atoms with Crippen LogP contribution in [0.15, 0.2) is 22.7 Å². The highest BCUT2D eigenvalue weighted by Gasteiger charge is 2.30. The number of nitrogens with one attached hydrogen (secondary N) is 1. The molecule has 0 fully saturated rings. The first kappa shape index (κ1) is 13.3. The first-order valence-corrected chi connectivity index (χ1v) is 5.38. The third-order valence-electron chi connectivity index (χ3n) is 1.88. The summed E-state index contributed by atoms with van der Waals surface area (Å²) in [5, 5.41) is 11.8. The summed E-state index contributed by atoms with van der Waals surface area (Å²) in [6.07, 6.45) is -4.98. The molecule has 0 aliphatic heterocycles. The molecule has 0 saturated heterocycles. The summed E-state index contributed by atoms with van der Waals surface area (Å²) in [7, 11) is 0. The molecule has 1 atom stereocenters. The molecule has 0 aromatic heterocycles. The molecule has 0 spiro atoms. The van der Waals surface area contributed by atoms with Crippen LogP contribution < -0.4 is 5.32 Å². The summed E-state index contributed by atoms with van der Waals surface area (Å²) in [6, 6.07) is 3.33. The summed E-state index contributed by atoms with van der Waals surface area (Å²) >= 11 is 3.14. The summed E-state index contributed by atoms with van der Waals surface area (Å²) < 4.78 is 37.7. The van der Waals surface area contributed by atoms with E-state index in [0.717, 1.165) is 12.1 Å². The van der Waals surface area contributed by atoms with Gasteiger partial charge in [-0.15, -0.1) is 0 Å². The van der Waals surface area contributed by atoms with Crippen molar-refractivity contribution in [2.24, 2.45) is 0 Å². The molecular weight excluding hydrogens is 287 g/mol. The van der Waals surface area contributed by atoms with Gasteiger partial charge in [-0.25, -0.2) is 0 Å². The number of halogens is 4. The van der Waals surface area contributed by atoms with Crippen LogP contribution in [0.3, 0.4) is 0 Å². The van der Waals surface area contributed by atoms with Gasteiger partial charge in [-0.2, -0.15) is 13.2 Å². The number of aliphatic hydroxyl groups excluding tert-OH is 1. The lowest BCUT2D eigenvalue weighted by atomic mass is 10.2. The summed E-state index contributed by atoms with van der Waals surface area (Å²) in [5.74, 6) is 0. The molecule has 90 valence electrons. The Balaban J connectivity index is 2.91. The zero-order chi connectivity index (χ0) is 12.3. The van der Waals surface area contributed by atoms with Crippen LogP contribution >= 0.6 is 15.9 Å². The molecule has 0 amide bonds. The molecule has 1 aromatic carbocycles. The van der Waals surface area contributed by atoms with E-state index in [1.165, 1.54) is 6.07 Å². The van der Waals surface area contributed by atoms with Gasteiger partial charge in [0.05, 0.1) is 11.7 Å². The van der Waals surface area contributed by atoms with E-state index in [4.69, 9.17) is 5.11 Å². The monoisotopic (exact) mass is 297 g/mol. The maximum Gasteiger partial charge on any atom is 0.416 e. The number of hydrogen-bond acceptors (Lipinski definition) is 2. The molecule has 2 N–H and O–H groups in total. The molecule has 0 aliphatic rings. The molecule has 1 rings (SSSR count). The van der Waals surface area contributed by atoms with Crippen molar-refractivity contribution in [3.8, 4) is 0 Å². The number of alkyl halides is 3. The fourth-order valence-corrected chi connectivity index (χ4v) is 1.48. The van der Waals surface area contributed by atoms with Gasteiger partial charge >= 0.3 is 6.18 Å². The predicted molar refractivity (Wildman–Crippen MR) is 59.3 cm³/mol. The molecule has 0 bridgehead atoms. The number of hydrogen-bond donors (Lipinski definition) is 2. The van der Waals surface area contributed by atoms with Crippen LogP contribution in [-0.4, -0.2) is 17.8 Å². The van der Waals surface area contributed by atoms with Gasteiger partial charge in [-0.05, 0) is 41.1 Å². The van der Waals surface area contributed by atoms with Crippen molar-refractivity contribution in [2.75, 3.05) is 11.9 Å². The maximum absolute atomic E-state index is 12.4. The van der Waals surface area contributed by atoms with Crippen LogP contribution in [-0.2, 0) is 6.18 Å². The Labute approximate surface area is 99.6 Å². The van der Waals surface area contributed by atoms with Gasteiger partial charge in [0.1, 0.15) is 0 Å². The van der Waals surface area contributed by atoms with Crippen molar-refractivity contribution in [3.63, 3.8) is 0 Å². The minimum absolute atomic E-state index is 0.194. The van der Waals surface area contributed by atoms with Gasteiger partial charge in [0, 0.05) is 16.7 Å². The van der Waals surface area contributed by atoms with Crippen molar-refractivity contribution < 1.29 is 18.3 Å². The van der Waals surface area contributed by atoms with Crippen LogP contribution in [0, 0.1) is 0 Å². The normalized spacial score (nSPS) is 13.6. The smallest absolute Gasteiger partial charge is 0.392 e. The Morgan fingerprint density at radius 1 is 1.44 bits per heavy atom. The van der Waals surface area contributed by atoms with Crippen LogP contribution in [0.5, 0.6) is 0 Å². The van der Waals surface area contributed by atoms with E-state index in [1.54, 1.807) is 6.92 Å². The lowest BCUT2D eigenvalue weighted by Crippen LogP contribution is -2.16. The second-order valence-corrected chi connectivity index (χ2v) is 4.28. The van der Waals surface area contributed by atoms with E-state index in [9.17, 15) is 13.2 Å². The number of anilines is 1. The molecule has 1 aromatic rings. The second kappa shape index (κ2) is 5.05. The zero-order valence-electron chi connectivity index (χ0n) is 8.48. The Kier molecular flexibility index (Phi) is 4.21. The van der Waals surface area contributed by atoms with Crippen molar-refractivity contribution >= 4 is 21.6 Å². The largest absolute Gasteiger partial charge is 0.416 e. The van der Waals surface area contributed by atoms with E-state index < -0.39 is 17.8 Å². The van der Waals surface area contributed by atoms with Crippen LogP contribution in [0.4, 0.5) is 18.9 Å². The average molecular weight is 298 g/mol. The zero-order valence-corrected chi connectivity index (χ0v) is 10.1. The molecule has 0 heterocycles. The Hall–Kier alpha value is -0.750. The number of rotatable bonds is 3. The Bertz CT molecular complexity index is 366. The first-order chi connectivity index (χ1) is 7.30. The van der Waals surface area contributed by atoms with E-state index in [1.807, 2.05) is 0 Å². The molecule has 0 saturated carbocycles. The maximum atomic E-state index is 12.4. The van der Waals surface area contributed by atoms with Crippen LogP contribution in [0.1, 0.15) is 12.5 Å². The fourth-order valence-electron chi connectivity index (χ4n) is 1.09. The van der Waals surface area contributed by atoms with Gasteiger partial charge in [0.2, 0.25) is 0 Å². The van der Waals surface area contributed by atoms with Gasteiger partial charge < -0.3 is 10.4 Å². The summed E-state index contributed by atoms with van der Waals surface area (Å²) in [5.41, 5.74) is -0.403. The topological polar surface area (TPSA) is 32.3 Å². The standard InChI is InChI=1S/C10H11BrF3NO/c1-6(16)5-15-9-4-7(10(12,13)14)2-3-8(9)11/h2-4,6,15-16H,5H2,1H3/t6-/m0/s1. The van der Waals surface area contributed by atoms with Crippen molar-refractivity contribution in [1.29, 1.82) is 0 Å². The van der Waals surface area contributed by atoms with Gasteiger partial charge in [0.25, 0.3) is 0 Å². The van der Waals surface area contributed by atoms with Gasteiger partial charge in [-0.3, -0.25) is 0 Å². The third kappa shape index (κ3) is 3.68. The first-order valence-electron chi connectivity index (χ1n) is 4.59. The minimum atomic E-state index is -4.36. The lowest BCUT2D eigenvalue weighted by molar-refractivity contribution is -0.137. The molecule has 6 heteroatoms. The Morgan fingerprint density at radius 3 is 2.56 bits per heavy atom. The molecule has 0 unspecified atom stereocenters. The van der Waals surface area contributed by atoms with Crippen molar-refractivity contribution in [1.82, 2.24) is 0 Å². The van der Waals surface area contributed by atoms with Crippen molar-refractivity contribution in [2.45, 2.75) is 19.2 Å². The Morgan fingerprint density at radius 2 is 2.06 bits per heavy atom. The van der Waals surface area contributed by atoms with E-state index in [2.05, 4.69) is 21.2 Å². The van der Waals surface area contributed by atoms with Crippen molar-refractivity contribution in [3.05, 3.63) is 28.2 Å². The van der Waals surface area contributed by atoms with E-state index in [0.29, 0.717) is 10.2 Å². The molecular formula is C10H11BrF3NO. The number of aliphatic hydroxyl groups is 1. The van der Waals surface area contributed by atoms with Gasteiger partial charge in [-0.1, -0.05) is 0 Å². The minimum Gasteiger partial charge on any atom is -0.392 e. The SMILES string of the molecule is C[C@H](O)CNc1cc(C(F)(F)F)ccc1Br. The summed E-state index contributed by atoms with van der Waals surface area (Å²) in [4.78, 5) is 0. The average Bonchev–Trinajstić information content (AvgIpc) is 2.14. The second-order valence-electron chi connectivity index (χ2n) is 3.42. The molecule has 0 radical (unpaired) electrons. The van der Waals surface area contributed by atoms with Gasteiger partial charge in [0.15, 0.2) is 0 Å².